The lowest BCUT2D eigenvalue weighted by molar-refractivity contribution is 0.364. The Kier molecular flexibility index (Phi) is 6.95. The first-order valence-electron chi connectivity index (χ1n) is 20.6. The fourth-order valence-electron chi connectivity index (χ4n) is 10.4. The van der Waals surface area contributed by atoms with Crippen molar-refractivity contribution in [2.45, 2.75) is 18.6 Å². The third kappa shape index (κ3) is 4.81. The van der Waals surface area contributed by atoms with Crippen molar-refractivity contribution in [1.29, 1.82) is 0 Å². The van der Waals surface area contributed by atoms with Gasteiger partial charge in [-0.25, -0.2) is 0 Å². The van der Waals surface area contributed by atoms with Crippen molar-refractivity contribution in [3.63, 3.8) is 0 Å². The molecule has 59 heavy (non-hydrogen) atoms. The van der Waals surface area contributed by atoms with Crippen LogP contribution in [0.3, 0.4) is 0 Å². The van der Waals surface area contributed by atoms with E-state index in [9.17, 15) is 0 Å². The average Bonchev–Trinajstić information content (AvgIpc) is 3.95. The van der Waals surface area contributed by atoms with Crippen LogP contribution < -0.4 is 5.32 Å². The first kappa shape index (κ1) is 32.7. The molecule has 278 valence electrons. The largest absolute Gasteiger partial charge is 0.456 e. The molecule has 1 N–H and O–H groups in total. The van der Waals surface area contributed by atoms with E-state index in [1.54, 1.807) is 0 Å². The molecule has 12 aromatic rings. The Morgan fingerprint density at radius 2 is 1.12 bits per heavy atom. The predicted molar refractivity (Wildman–Crippen MR) is 245 cm³/mol. The Bertz CT molecular complexity index is 3630. The van der Waals surface area contributed by atoms with Gasteiger partial charge in [-0.15, -0.1) is 0 Å². The standard InChI is InChI=1S/C55H37N3O/c1-3-15-34(16-4-1)43-30-38(32-50-52(43)44-29-35-17-7-8-18-36(35)31-49(44)59-50)55-40-22-10-9-19-37(40)33-51(56-55)58-46-26-14-12-24-42(46)54-48(58)28-27-47-53(54)41-23-11-13-25-45(41)57(47)39-20-5-2-6-21-39/h1-32,51,55-56H,33H2. The maximum atomic E-state index is 6.83. The van der Waals surface area contributed by atoms with Crippen molar-refractivity contribution >= 4 is 76.3 Å². The molecule has 9 aromatic carbocycles. The van der Waals surface area contributed by atoms with Gasteiger partial charge in [0.2, 0.25) is 0 Å². The molecule has 0 spiro atoms. The molecule has 2 atom stereocenters. The van der Waals surface area contributed by atoms with Crippen molar-refractivity contribution in [2.24, 2.45) is 0 Å². The van der Waals surface area contributed by atoms with Gasteiger partial charge >= 0.3 is 0 Å². The van der Waals surface area contributed by atoms with Crippen LogP contribution in [0.4, 0.5) is 0 Å². The van der Waals surface area contributed by atoms with E-state index in [0.29, 0.717) is 0 Å². The lowest BCUT2D eigenvalue weighted by Gasteiger charge is -2.35. The normalized spacial score (nSPS) is 15.7. The summed E-state index contributed by atoms with van der Waals surface area (Å²) in [4.78, 5) is 0. The van der Waals surface area contributed by atoms with Crippen LogP contribution in [-0.4, -0.2) is 9.13 Å². The number of hydrogen-bond acceptors (Lipinski definition) is 2. The third-order valence-corrected chi connectivity index (χ3v) is 12.9. The fraction of sp³-hybridized carbons (Fsp3) is 0.0545. The molecular formula is C55H37N3O. The maximum Gasteiger partial charge on any atom is 0.136 e. The highest BCUT2D eigenvalue weighted by Gasteiger charge is 2.32. The number of hydrogen-bond donors (Lipinski definition) is 1. The van der Waals surface area contributed by atoms with Crippen LogP contribution in [0.2, 0.25) is 0 Å². The van der Waals surface area contributed by atoms with E-state index < -0.39 is 0 Å². The van der Waals surface area contributed by atoms with Gasteiger partial charge in [0.1, 0.15) is 11.2 Å². The maximum absolute atomic E-state index is 6.83. The highest BCUT2D eigenvalue weighted by Crippen LogP contribution is 2.46. The summed E-state index contributed by atoms with van der Waals surface area (Å²) in [6.45, 7) is 0. The number of benzene rings is 9. The van der Waals surface area contributed by atoms with Gasteiger partial charge in [0.15, 0.2) is 0 Å². The number of nitrogens with one attached hydrogen (secondary N) is 1. The van der Waals surface area contributed by atoms with Gasteiger partial charge in [-0.1, -0.05) is 133 Å². The van der Waals surface area contributed by atoms with E-state index in [4.69, 9.17) is 4.42 Å². The molecule has 0 bridgehead atoms. The average molecular weight is 756 g/mol. The van der Waals surface area contributed by atoms with Crippen molar-refractivity contribution < 1.29 is 4.42 Å². The van der Waals surface area contributed by atoms with Crippen LogP contribution in [0.1, 0.15) is 28.9 Å². The second kappa shape index (κ2) is 12.5. The highest BCUT2D eigenvalue weighted by molar-refractivity contribution is 6.28. The number of aromatic nitrogens is 2. The van der Waals surface area contributed by atoms with Crippen molar-refractivity contribution in [2.75, 3.05) is 0 Å². The quantitative estimate of drug-likeness (QED) is 0.194. The zero-order valence-electron chi connectivity index (χ0n) is 32.1. The lowest BCUT2D eigenvalue weighted by atomic mass is 9.86. The molecule has 0 saturated heterocycles. The summed E-state index contributed by atoms with van der Waals surface area (Å²) in [6, 6.07) is 70.7. The summed E-state index contributed by atoms with van der Waals surface area (Å²) < 4.78 is 11.8. The molecule has 1 aliphatic heterocycles. The number of rotatable bonds is 4. The molecule has 3 aromatic heterocycles. The zero-order valence-corrected chi connectivity index (χ0v) is 32.1. The molecule has 0 amide bonds. The summed E-state index contributed by atoms with van der Waals surface area (Å²) >= 11 is 0. The van der Waals surface area contributed by atoms with Gasteiger partial charge in [-0.3, -0.25) is 5.32 Å². The van der Waals surface area contributed by atoms with E-state index in [0.717, 1.165) is 28.4 Å². The van der Waals surface area contributed by atoms with Gasteiger partial charge in [-0.05, 0) is 99.3 Å². The summed E-state index contributed by atoms with van der Waals surface area (Å²) in [5, 5.41) is 14.1. The van der Waals surface area contributed by atoms with Gasteiger partial charge < -0.3 is 13.6 Å². The van der Waals surface area contributed by atoms with Gasteiger partial charge in [0, 0.05) is 44.4 Å². The minimum atomic E-state index is -0.0796. The summed E-state index contributed by atoms with van der Waals surface area (Å²) in [5.41, 5.74) is 14.1. The zero-order chi connectivity index (χ0) is 38.6. The summed E-state index contributed by atoms with van der Waals surface area (Å²) in [5.74, 6) is 0. The number of nitrogens with zero attached hydrogens (tertiary/aromatic N) is 2. The lowest BCUT2D eigenvalue weighted by Crippen LogP contribution is -2.37. The van der Waals surface area contributed by atoms with Gasteiger partial charge in [-0.2, -0.15) is 0 Å². The van der Waals surface area contributed by atoms with Crippen LogP contribution in [-0.2, 0) is 6.42 Å². The van der Waals surface area contributed by atoms with Crippen molar-refractivity contribution in [1.82, 2.24) is 14.5 Å². The van der Waals surface area contributed by atoms with E-state index in [1.165, 1.54) is 87.9 Å². The van der Waals surface area contributed by atoms with Crippen LogP contribution in [0.25, 0.3) is 93.1 Å². The van der Waals surface area contributed by atoms with Crippen LogP contribution in [0, 0.1) is 0 Å². The second-order valence-corrected chi connectivity index (χ2v) is 16.1. The molecule has 1 aliphatic rings. The smallest absolute Gasteiger partial charge is 0.136 e. The van der Waals surface area contributed by atoms with Crippen molar-refractivity contribution in [3.8, 4) is 16.8 Å². The third-order valence-electron chi connectivity index (χ3n) is 12.9. The van der Waals surface area contributed by atoms with E-state index in [1.807, 2.05) is 0 Å². The minimum Gasteiger partial charge on any atom is -0.456 e. The molecule has 0 radical (unpaired) electrons. The summed E-state index contributed by atoms with van der Waals surface area (Å²) in [6.07, 6.45) is 0.837. The molecular weight excluding hydrogens is 719 g/mol. The second-order valence-electron chi connectivity index (χ2n) is 16.1. The molecule has 0 fully saturated rings. The number of furan rings is 1. The number of fused-ring (bicyclic) bond motifs is 12. The van der Waals surface area contributed by atoms with Crippen LogP contribution in [0.5, 0.6) is 0 Å². The first-order chi connectivity index (χ1) is 29.3. The monoisotopic (exact) mass is 755 g/mol. The van der Waals surface area contributed by atoms with Crippen LogP contribution >= 0.6 is 0 Å². The number of para-hydroxylation sites is 3. The molecule has 13 rings (SSSR count). The summed E-state index contributed by atoms with van der Waals surface area (Å²) in [7, 11) is 0. The Balaban J connectivity index is 1.04. The molecule has 0 aliphatic carbocycles. The van der Waals surface area contributed by atoms with Crippen molar-refractivity contribution in [3.05, 3.63) is 211 Å². The Hall–Kier alpha value is -7.40. The molecule has 0 saturated carbocycles. The molecule has 2 unspecified atom stereocenters. The SMILES string of the molecule is c1ccc(-c2cc(C3NC(n4c5ccccc5c5c6c7ccccc7n(-c7ccccc7)c6ccc54)Cc4ccccc43)cc3oc4cc5ccccc5cc4c23)cc1. The molecule has 4 heterocycles. The Morgan fingerprint density at radius 3 is 1.95 bits per heavy atom. The van der Waals surface area contributed by atoms with Crippen LogP contribution in [0.15, 0.2) is 199 Å². The highest BCUT2D eigenvalue weighted by atomic mass is 16.3. The van der Waals surface area contributed by atoms with E-state index in [2.05, 4.69) is 209 Å². The Labute approximate surface area is 340 Å². The van der Waals surface area contributed by atoms with Gasteiger partial charge in [0.05, 0.1) is 34.3 Å². The van der Waals surface area contributed by atoms with E-state index >= 15 is 0 Å². The first-order valence-corrected chi connectivity index (χ1v) is 20.6. The molecule has 4 heteroatoms. The minimum absolute atomic E-state index is 0.0194. The topological polar surface area (TPSA) is 35.0 Å². The van der Waals surface area contributed by atoms with Gasteiger partial charge in [0.25, 0.3) is 0 Å². The van der Waals surface area contributed by atoms with E-state index in [-0.39, 0.29) is 12.2 Å². The molecule has 4 nitrogen and oxygen atoms in total. The fourth-order valence-corrected chi connectivity index (χ4v) is 10.4. The predicted octanol–water partition coefficient (Wildman–Crippen LogP) is 14.0. The Morgan fingerprint density at radius 1 is 0.475 bits per heavy atom.